The molecular weight excluding hydrogens is 256 g/mol. The molecule has 0 spiro atoms. The number of aryl methyl sites for hydroxylation is 1. The maximum absolute atomic E-state index is 11.9. The van der Waals surface area contributed by atoms with Crippen molar-refractivity contribution in [2.24, 2.45) is 12.8 Å². The van der Waals surface area contributed by atoms with Gasteiger partial charge in [0, 0.05) is 38.7 Å². The van der Waals surface area contributed by atoms with Gasteiger partial charge in [-0.05, 0) is 0 Å². The number of rotatable bonds is 5. The lowest BCUT2D eigenvalue weighted by Crippen LogP contribution is -2.38. The minimum Gasteiger partial charge on any atom is -0.343 e. The quantitative estimate of drug-likeness (QED) is 0.736. The Morgan fingerprint density at radius 2 is 2.22 bits per heavy atom. The molecule has 0 radical (unpaired) electrons. The molecular formula is C10H18N4O3S. The SMILES string of the molecule is CN(CCS(C)(=O)=O)C(=O)C(N)c1cnn(C)c1. The molecule has 1 unspecified atom stereocenters. The van der Waals surface area contributed by atoms with E-state index in [4.69, 9.17) is 5.73 Å². The van der Waals surface area contributed by atoms with Crippen LogP contribution in [0.25, 0.3) is 0 Å². The van der Waals surface area contributed by atoms with E-state index in [0.29, 0.717) is 5.56 Å². The Bertz CT molecular complexity index is 523. The summed E-state index contributed by atoms with van der Waals surface area (Å²) in [4.78, 5) is 13.3. The summed E-state index contributed by atoms with van der Waals surface area (Å²) in [5.41, 5.74) is 6.40. The van der Waals surface area contributed by atoms with E-state index in [1.165, 1.54) is 18.1 Å². The molecule has 8 heteroatoms. The number of nitrogens with two attached hydrogens (primary N) is 1. The fourth-order valence-corrected chi connectivity index (χ4v) is 2.00. The van der Waals surface area contributed by atoms with Crippen LogP contribution >= 0.6 is 0 Å². The summed E-state index contributed by atoms with van der Waals surface area (Å²) in [6.45, 7) is 0.131. The van der Waals surface area contributed by atoms with Crippen LogP contribution in [0.1, 0.15) is 11.6 Å². The lowest BCUT2D eigenvalue weighted by atomic mass is 10.1. The summed E-state index contributed by atoms with van der Waals surface area (Å²) in [6, 6.07) is -0.816. The van der Waals surface area contributed by atoms with E-state index in [-0.39, 0.29) is 18.2 Å². The first-order chi connectivity index (χ1) is 8.20. The molecule has 0 aliphatic rings. The van der Waals surface area contributed by atoms with E-state index in [1.54, 1.807) is 17.9 Å². The number of hydrogen-bond donors (Lipinski definition) is 1. The van der Waals surface area contributed by atoms with Crippen molar-refractivity contribution in [3.05, 3.63) is 18.0 Å². The fourth-order valence-electron chi connectivity index (χ4n) is 1.39. The average molecular weight is 274 g/mol. The number of carbonyl (C=O) groups excluding carboxylic acids is 1. The summed E-state index contributed by atoms with van der Waals surface area (Å²) >= 11 is 0. The van der Waals surface area contributed by atoms with Crippen LogP contribution in [0.5, 0.6) is 0 Å². The maximum atomic E-state index is 11.9. The molecule has 1 heterocycles. The van der Waals surface area contributed by atoms with Gasteiger partial charge in [-0.2, -0.15) is 5.10 Å². The van der Waals surface area contributed by atoms with Crippen LogP contribution in [-0.2, 0) is 21.7 Å². The van der Waals surface area contributed by atoms with Crippen LogP contribution in [0.4, 0.5) is 0 Å². The number of likely N-dealkylation sites (N-methyl/N-ethyl adjacent to an activating group) is 1. The third kappa shape index (κ3) is 4.11. The molecule has 0 aliphatic heterocycles. The summed E-state index contributed by atoms with van der Waals surface area (Å²) in [5, 5.41) is 3.93. The molecule has 0 saturated carbocycles. The van der Waals surface area contributed by atoms with E-state index in [1.807, 2.05) is 0 Å². The number of sulfone groups is 1. The van der Waals surface area contributed by atoms with Gasteiger partial charge in [-0.1, -0.05) is 0 Å². The first kappa shape index (κ1) is 14.7. The lowest BCUT2D eigenvalue weighted by Gasteiger charge is -2.20. The fraction of sp³-hybridized carbons (Fsp3) is 0.600. The Morgan fingerprint density at radius 3 is 2.67 bits per heavy atom. The normalized spacial score (nSPS) is 13.3. The van der Waals surface area contributed by atoms with Crippen LogP contribution in [0.15, 0.2) is 12.4 Å². The molecule has 7 nitrogen and oxygen atoms in total. The largest absolute Gasteiger partial charge is 0.343 e. The van der Waals surface area contributed by atoms with Gasteiger partial charge < -0.3 is 10.6 Å². The summed E-state index contributed by atoms with van der Waals surface area (Å²) < 4.78 is 23.6. The Hall–Kier alpha value is -1.41. The average Bonchev–Trinajstić information content (AvgIpc) is 2.69. The second-order valence-electron chi connectivity index (χ2n) is 4.31. The Morgan fingerprint density at radius 1 is 1.61 bits per heavy atom. The summed E-state index contributed by atoms with van der Waals surface area (Å²) in [6.07, 6.45) is 4.31. The zero-order valence-corrected chi connectivity index (χ0v) is 11.5. The van der Waals surface area contributed by atoms with Gasteiger partial charge in [-0.25, -0.2) is 8.42 Å². The first-order valence-corrected chi connectivity index (χ1v) is 7.43. The lowest BCUT2D eigenvalue weighted by molar-refractivity contribution is -0.131. The maximum Gasteiger partial charge on any atom is 0.243 e. The van der Waals surface area contributed by atoms with Crippen LogP contribution in [0, 0.1) is 0 Å². The highest BCUT2D eigenvalue weighted by molar-refractivity contribution is 7.90. The van der Waals surface area contributed by atoms with E-state index in [0.717, 1.165) is 6.26 Å². The van der Waals surface area contributed by atoms with Crippen molar-refractivity contribution >= 4 is 15.7 Å². The number of carbonyl (C=O) groups is 1. The first-order valence-electron chi connectivity index (χ1n) is 5.37. The van der Waals surface area contributed by atoms with Gasteiger partial charge >= 0.3 is 0 Å². The van der Waals surface area contributed by atoms with Gasteiger partial charge in [0.2, 0.25) is 5.91 Å². The number of amides is 1. The second-order valence-corrected chi connectivity index (χ2v) is 6.57. The van der Waals surface area contributed by atoms with Gasteiger partial charge in [0.15, 0.2) is 0 Å². The zero-order chi connectivity index (χ0) is 13.9. The predicted octanol–water partition coefficient (Wildman–Crippen LogP) is -1.08. The molecule has 0 aromatic carbocycles. The number of nitrogens with zero attached hydrogens (tertiary/aromatic N) is 3. The van der Waals surface area contributed by atoms with Crippen molar-refractivity contribution in [2.75, 3.05) is 25.6 Å². The van der Waals surface area contributed by atoms with Crippen LogP contribution in [0.3, 0.4) is 0 Å². The Kier molecular flexibility index (Phi) is 4.47. The van der Waals surface area contributed by atoms with Crippen LogP contribution in [-0.4, -0.2) is 54.6 Å². The van der Waals surface area contributed by atoms with Crippen LogP contribution in [0.2, 0.25) is 0 Å². The topological polar surface area (TPSA) is 98.3 Å². The standard InChI is InChI=1S/C10H18N4O3S/c1-13(4-5-18(3,16)17)10(15)9(11)8-6-12-14(2)7-8/h6-7,9H,4-5,11H2,1-3H3. The highest BCUT2D eigenvalue weighted by atomic mass is 32.2. The molecule has 0 aliphatic carbocycles. The van der Waals surface area contributed by atoms with E-state index in [2.05, 4.69) is 5.10 Å². The molecule has 18 heavy (non-hydrogen) atoms. The Balaban J connectivity index is 2.64. The van der Waals surface area contributed by atoms with Gasteiger partial charge in [0.25, 0.3) is 0 Å². The molecule has 1 aromatic heterocycles. The van der Waals surface area contributed by atoms with Gasteiger partial charge in [0.05, 0.1) is 11.9 Å². The predicted molar refractivity (Wildman–Crippen MR) is 67.5 cm³/mol. The van der Waals surface area contributed by atoms with Gasteiger partial charge in [0.1, 0.15) is 15.9 Å². The monoisotopic (exact) mass is 274 g/mol. The van der Waals surface area contributed by atoms with Crippen molar-refractivity contribution in [2.45, 2.75) is 6.04 Å². The smallest absolute Gasteiger partial charge is 0.243 e. The molecule has 0 bridgehead atoms. The molecule has 1 rings (SSSR count). The molecule has 0 saturated heterocycles. The van der Waals surface area contributed by atoms with Crippen molar-refractivity contribution in [1.29, 1.82) is 0 Å². The van der Waals surface area contributed by atoms with Crippen LogP contribution < -0.4 is 5.73 Å². The van der Waals surface area contributed by atoms with E-state index < -0.39 is 15.9 Å². The molecule has 1 aromatic rings. The molecule has 0 fully saturated rings. The van der Waals surface area contributed by atoms with Crippen molar-refractivity contribution in [3.63, 3.8) is 0 Å². The summed E-state index contributed by atoms with van der Waals surface area (Å²) in [7, 11) is 0.172. The van der Waals surface area contributed by atoms with Crippen molar-refractivity contribution in [1.82, 2.24) is 14.7 Å². The number of aromatic nitrogens is 2. The van der Waals surface area contributed by atoms with Gasteiger partial charge in [-0.3, -0.25) is 9.48 Å². The molecule has 2 N–H and O–H groups in total. The molecule has 1 atom stereocenters. The van der Waals surface area contributed by atoms with Crippen molar-refractivity contribution in [3.8, 4) is 0 Å². The summed E-state index contributed by atoms with van der Waals surface area (Å²) in [5.74, 6) is -0.402. The molecule has 1 amide bonds. The van der Waals surface area contributed by atoms with Crippen molar-refractivity contribution < 1.29 is 13.2 Å². The zero-order valence-electron chi connectivity index (χ0n) is 10.7. The molecule has 102 valence electrons. The minimum absolute atomic E-state index is 0.0744. The highest BCUT2D eigenvalue weighted by Crippen LogP contribution is 2.11. The third-order valence-corrected chi connectivity index (χ3v) is 3.45. The van der Waals surface area contributed by atoms with Gasteiger partial charge in [-0.15, -0.1) is 0 Å². The second kappa shape index (κ2) is 5.49. The number of hydrogen-bond acceptors (Lipinski definition) is 5. The highest BCUT2D eigenvalue weighted by Gasteiger charge is 2.21. The van der Waals surface area contributed by atoms with E-state index >= 15 is 0 Å². The Labute approximate surface area is 106 Å². The third-order valence-electron chi connectivity index (χ3n) is 2.52. The minimum atomic E-state index is -3.09. The van der Waals surface area contributed by atoms with E-state index in [9.17, 15) is 13.2 Å².